The number of aliphatic hydroxyl groups excluding tert-OH is 1. The standard InChI is InChI=1S/C16H21N3OS/c1-11(20)15-18-16-13(8-10-21-16)17-9-7-14(16)19(15)12-5-3-2-4-6-12/h7-12,14,20H,2-6H2,1H3/t11-,14?,16?/m1/s1. The molecular weight excluding hydrogens is 282 g/mol. The van der Waals surface area contributed by atoms with Gasteiger partial charge in [-0.2, -0.15) is 0 Å². The van der Waals surface area contributed by atoms with Crippen LogP contribution in [0.1, 0.15) is 39.0 Å². The number of thioether (sulfide) groups is 1. The third-order valence-corrected chi connectivity index (χ3v) is 6.08. The summed E-state index contributed by atoms with van der Waals surface area (Å²) in [5.74, 6) is 0.849. The van der Waals surface area contributed by atoms with Gasteiger partial charge in [-0.15, -0.1) is 0 Å². The topological polar surface area (TPSA) is 48.2 Å². The van der Waals surface area contributed by atoms with Crippen molar-refractivity contribution in [3.8, 4) is 0 Å². The number of amidine groups is 1. The maximum Gasteiger partial charge on any atom is 0.177 e. The first kappa shape index (κ1) is 13.6. The van der Waals surface area contributed by atoms with Crippen LogP contribution >= 0.6 is 11.8 Å². The molecular formula is C16H21N3OS. The highest BCUT2D eigenvalue weighted by molar-refractivity contribution is 8.04. The van der Waals surface area contributed by atoms with E-state index in [-0.39, 0.29) is 10.9 Å². The van der Waals surface area contributed by atoms with Crippen LogP contribution in [0.5, 0.6) is 0 Å². The molecule has 0 saturated heterocycles. The molecule has 1 fully saturated rings. The second kappa shape index (κ2) is 4.99. The minimum atomic E-state index is -0.525. The lowest BCUT2D eigenvalue weighted by Crippen LogP contribution is -2.53. The molecule has 3 aliphatic heterocycles. The highest BCUT2D eigenvalue weighted by atomic mass is 32.2. The quantitative estimate of drug-likeness (QED) is 0.853. The summed E-state index contributed by atoms with van der Waals surface area (Å²) < 4.78 is 0. The van der Waals surface area contributed by atoms with Crippen molar-refractivity contribution in [2.75, 3.05) is 0 Å². The van der Waals surface area contributed by atoms with Gasteiger partial charge >= 0.3 is 0 Å². The fourth-order valence-electron chi connectivity index (χ4n) is 3.96. The predicted molar refractivity (Wildman–Crippen MR) is 87.7 cm³/mol. The average Bonchev–Trinajstić information content (AvgIpc) is 3.06. The van der Waals surface area contributed by atoms with Crippen LogP contribution < -0.4 is 0 Å². The monoisotopic (exact) mass is 303 g/mol. The molecule has 3 heterocycles. The number of rotatable bonds is 2. The van der Waals surface area contributed by atoms with Gasteiger partial charge in [0, 0.05) is 12.2 Å². The van der Waals surface area contributed by atoms with E-state index in [1.807, 2.05) is 13.1 Å². The fraction of sp³-hybridized carbons (Fsp3) is 0.625. The Morgan fingerprint density at radius 2 is 2.19 bits per heavy atom. The lowest BCUT2D eigenvalue weighted by atomic mass is 9.91. The Kier molecular flexibility index (Phi) is 3.23. The summed E-state index contributed by atoms with van der Waals surface area (Å²) in [6.45, 7) is 1.83. The summed E-state index contributed by atoms with van der Waals surface area (Å²) in [5.41, 5.74) is 1.02. The number of hydrogen-bond acceptors (Lipinski definition) is 5. The highest BCUT2D eigenvalue weighted by Crippen LogP contribution is 2.48. The van der Waals surface area contributed by atoms with E-state index in [9.17, 15) is 5.11 Å². The normalized spacial score (nSPS) is 36.3. The molecule has 4 rings (SSSR count). The predicted octanol–water partition coefficient (Wildman–Crippen LogP) is 2.71. The third-order valence-electron chi connectivity index (χ3n) is 4.91. The first-order chi connectivity index (χ1) is 10.2. The van der Waals surface area contributed by atoms with Crippen LogP contribution in [-0.2, 0) is 0 Å². The average molecular weight is 303 g/mol. The van der Waals surface area contributed by atoms with E-state index in [0.29, 0.717) is 6.04 Å². The Bertz CT molecular complexity index is 560. The molecule has 1 aliphatic carbocycles. The zero-order valence-corrected chi connectivity index (χ0v) is 13.1. The molecule has 112 valence electrons. The molecule has 0 aromatic carbocycles. The number of hydrogen-bond donors (Lipinski definition) is 1. The van der Waals surface area contributed by atoms with E-state index in [2.05, 4.69) is 27.5 Å². The van der Waals surface area contributed by atoms with Crippen molar-refractivity contribution >= 4 is 23.3 Å². The van der Waals surface area contributed by atoms with Gasteiger partial charge in [-0.3, -0.25) is 4.99 Å². The van der Waals surface area contributed by atoms with E-state index in [1.165, 1.54) is 32.1 Å². The van der Waals surface area contributed by atoms with Crippen molar-refractivity contribution in [2.45, 2.75) is 62.1 Å². The summed E-state index contributed by atoms with van der Waals surface area (Å²) in [7, 11) is 0. The van der Waals surface area contributed by atoms with Gasteiger partial charge in [0.05, 0.1) is 11.8 Å². The zero-order valence-electron chi connectivity index (χ0n) is 12.3. The molecule has 0 aromatic rings. The number of aliphatic imine (C=N–C) groups is 2. The van der Waals surface area contributed by atoms with Crippen LogP contribution in [0.4, 0.5) is 0 Å². The van der Waals surface area contributed by atoms with Crippen molar-refractivity contribution < 1.29 is 5.11 Å². The van der Waals surface area contributed by atoms with Crippen molar-refractivity contribution in [3.63, 3.8) is 0 Å². The second-order valence-corrected chi connectivity index (χ2v) is 7.39. The number of nitrogens with zero attached hydrogens (tertiary/aromatic N) is 3. The van der Waals surface area contributed by atoms with Gasteiger partial charge in [-0.25, -0.2) is 4.99 Å². The minimum absolute atomic E-state index is 0.192. The van der Waals surface area contributed by atoms with E-state index in [4.69, 9.17) is 4.99 Å². The van der Waals surface area contributed by atoms with Crippen LogP contribution in [0.25, 0.3) is 0 Å². The first-order valence-electron chi connectivity index (χ1n) is 7.88. The van der Waals surface area contributed by atoms with Gasteiger partial charge in [0.1, 0.15) is 11.9 Å². The largest absolute Gasteiger partial charge is 0.385 e. The molecule has 1 N–H and O–H groups in total. The molecule has 0 radical (unpaired) electrons. The van der Waals surface area contributed by atoms with Gasteiger partial charge in [-0.05, 0) is 37.3 Å². The van der Waals surface area contributed by atoms with Gasteiger partial charge in [-0.1, -0.05) is 31.0 Å². The summed E-state index contributed by atoms with van der Waals surface area (Å²) in [6.07, 6.45) is 11.9. The molecule has 1 spiro atoms. The second-order valence-electron chi connectivity index (χ2n) is 6.26. The Balaban J connectivity index is 1.75. The molecule has 4 nitrogen and oxygen atoms in total. The van der Waals surface area contributed by atoms with Crippen LogP contribution in [0.3, 0.4) is 0 Å². The third kappa shape index (κ3) is 1.94. The fourth-order valence-corrected chi connectivity index (χ4v) is 5.08. The Morgan fingerprint density at radius 1 is 1.38 bits per heavy atom. The van der Waals surface area contributed by atoms with Crippen LogP contribution in [0, 0.1) is 0 Å². The van der Waals surface area contributed by atoms with Crippen molar-refractivity contribution in [2.24, 2.45) is 9.98 Å². The van der Waals surface area contributed by atoms with Gasteiger partial charge in [0.2, 0.25) is 0 Å². The molecule has 0 amide bonds. The van der Waals surface area contributed by atoms with Gasteiger partial charge < -0.3 is 10.0 Å². The van der Waals surface area contributed by atoms with Crippen LogP contribution in [-0.4, -0.2) is 44.6 Å². The molecule has 0 bridgehead atoms. The maximum absolute atomic E-state index is 10.3. The SMILES string of the molecule is C[C@@H](O)C1=NC23SC=CC2=NC=CC3N1C1CCCCC1. The Morgan fingerprint density at radius 3 is 2.95 bits per heavy atom. The van der Waals surface area contributed by atoms with Gasteiger partial charge in [0.25, 0.3) is 0 Å². The maximum atomic E-state index is 10.3. The number of aliphatic hydroxyl groups is 1. The lowest BCUT2D eigenvalue weighted by molar-refractivity contribution is 0.185. The Hall–Kier alpha value is -1.07. The molecule has 4 aliphatic rings. The van der Waals surface area contributed by atoms with Crippen molar-refractivity contribution in [1.29, 1.82) is 0 Å². The van der Waals surface area contributed by atoms with Crippen molar-refractivity contribution in [1.82, 2.24) is 4.90 Å². The summed E-state index contributed by atoms with van der Waals surface area (Å²) in [4.78, 5) is 11.5. The Labute approximate surface area is 129 Å². The molecule has 1 saturated carbocycles. The van der Waals surface area contributed by atoms with Crippen LogP contribution in [0.2, 0.25) is 0 Å². The highest BCUT2D eigenvalue weighted by Gasteiger charge is 2.55. The van der Waals surface area contributed by atoms with E-state index < -0.39 is 6.10 Å². The minimum Gasteiger partial charge on any atom is -0.385 e. The van der Waals surface area contributed by atoms with E-state index in [1.54, 1.807) is 11.8 Å². The summed E-state index contributed by atoms with van der Waals surface area (Å²) in [6, 6.07) is 0.694. The summed E-state index contributed by atoms with van der Waals surface area (Å²) >= 11 is 1.73. The molecule has 0 aromatic heterocycles. The summed E-state index contributed by atoms with van der Waals surface area (Å²) in [5, 5.41) is 12.3. The zero-order chi connectivity index (χ0) is 14.4. The molecule has 3 atom stereocenters. The molecule has 2 unspecified atom stereocenters. The van der Waals surface area contributed by atoms with Crippen molar-refractivity contribution in [3.05, 3.63) is 23.8 Å². The first-order valence-corrected chi connectivity index (χ1v) is 8.76. The molecule has 21 heavy (non-hydrogen) atoms. The van der Waals surface area contributed by atoms with E-state index in [0.717, 1.165) is 11.5 Å². The molecule has 5 heteroatoms. The van der Waals surface area contributed by atoms with Crippen LogP contribution in [0.15, 0.2) is 33.7 Å². The lowest BCUT2D eigenvalue weighted by Gasteiger charge is -2.41. The van der Waals surface area contributed by atoms with E-state index >= 15 is 0 Å². The smallest absolute Gasteiger partial charge is 0.177 e. The van der Waals surface area contributed by atoms with Gasteiger partial charge in [0.15, 0.2) is 4.87 Å².